The van der Waals surface area contributed by atoms with Crippen molar-refractivity contribution < 1.29 is 14.4 Å². The zero-order valence-electron chi connectivity index (χ0n) is 16.6. The molecule has 0 N–H and O–H groups in total. The van der Waals surface area contributed by atoms with Crippen molar-refractivity contribution in [2.24, 2.45) is 0 Å². The van der Waals surface area contributed by atoms with Crippen molar-refractivity contribution in [2.75, 3.05) is 13.7 Å². The minimum atomic E-state index is -0.815. The van der Waals surface area contributed by atoms with E-state index in [-0.39, 0.29) is 11.8 Å². The molecule has 0 radical (unpaired) electrons. The summed E-state index contributed by atoms with van der Waals surface area (Å²) in [5, 5.41) is 1.62. The van der Waals surface area contributed by atoms with Crippen molar-refractivity contribution in [2.45, 2.75) is 31.8 Å². The van der Waals surface area contributed by atoms with E-state index in [4.69, 9.17) is 4.84 Å². The second-order valence-corrected chi connectivity index (χ2v) is 7.36. The number of hydrogen-bond donors (Lipinski definition) is 0. The third-order valence-corrected chi connectivity index (χ3v) is 5.27. The van der Waals surface area contributed by atoms with E-state index in [0.29, 0.717) is 12.1 Å². The van der Waals surface area contributed by atoms with Crippen LogP contribution in [0.2, 0.25) is 0 Å². The Bertz CT molecular complexity index is 876. The fraction of sp³-hybridized carbons (Fsp3) is 0.304. The summed E-state index contributed by atoms with van der Waals surface area (Å²) in [6.45, 7) is 8.06. The Morgan fingerprint density at radius 3 is 2.39 bits per heavy atom. The molecule has 5 heteroatoms. The number of nitrogens with zero attached hydrogens (tertiary/aromatic N) is 2. The lowest BCUT2D eigenvalue weighted by molar-refractivity contribution is -0.184. The van der Waals surface area contributed by atoms with Gasteiger partial charge in [0, 0.05) is 12.1 Å². The molecule has 0 saturated heterocycles. The first-order chi connectivity index (χ1) is 13.4. The molecule has 0 bridgehead atoms. The van der Waals surface area contributed by atoms with E-state index in [2.05, 4.69) is 6.58 Å². The lowest BCUT2D eigenvalue weighted by Crippen LogP contribution is -2.59. The van der Waals surface area contributed by atoms with Crippen LogP contribution in [0.25, 0.3) is 0 Å². The predicted molar refractivity (Wildman–Crippen MR) is 108 cm³/mol. The number of amides is 2. The molecule has 2 aromatic carbocycles. The van der Waals surface area contributed by atoms with Gasteiger partial charge in [-0.1, -0.05) is 61.2 Å². The highest BCUT2D eigenvalue weighted by atomic mass is 16.7. The standard InChI is InChI=1S/C23H26N2O3/c1-5-20(24(28-4)16-15-17-11-7-6-8-12-17)25-21(26)18-13-9-10-14-19(18)23(2,3)22(25)27/h5-14,20H,1,15-16H2,2-4H3. The van der Waals surface area contributed by atoms with Crippen LogP contribution in [0.3, 0.4) is 0 Å². The van der Waals surface area contributed by atoms with Gasteiger partial charge in [0.2, 0.25) is 5.91 Å². The average molecular weight is 378 g/mol. The highest BCUT2D eigenvalue weighted by Gasteiger charge is 2.47. The number of benzene rings is 2. The number of imide groups is 1. The molecule has 1 heterocycles. The summed E-state index contributed by atoms with van der Waals surface area (Å²) in [6, 6.07) is 17.3. The van der Waals surface area contributed by atoms with Crippen LogP contribution in [-0.4, -0.2) is 41.6 Å². The monoisotopic (exact) mass is 378 g/mol. The Morgan fingerprint density at radius 2 is 1.75 bits per heavy atom. The molecule has 3 rings (SSSR count). The first-order valence-corrected chi connectivity index (χ1v) is 9.36. The van der Waals surface area contributed by atoms with Gasteiger partial charge in [0.25, 0.3) is 5.91 Å². The molecule has 0 aromatic heterocycles. The zero-order valence-corrected chi connectivity index (χ0v) is 16.6. The fourth-order valence-electron chi connectivity index (χ4n) is 3.66. The van der Waals surface area contributed by atoms with Gasteiger partial charge in [0.05, 0.1) is 12.5 Å². The lowest BCUT2D eigenvalue weighted by Gasteiger charge is -2.43. The minimum absolute atomic E-state index is 0.261. The van der Waals surface area contributed by atoms with Crippen LogP contribution in [0.4, 0.5) is 0 Å². The maximum atomic E-state index is 13.3. The largest absolute Gasteiger partial charge is 0.300 e. The average Bonchev–Trinajstić information content (AvgIpc) is 2.72. The van der Waals surface area contributed by atoms with Crippen LogP contribution in [0.1, 0.15) is 35.3 Å². The molecule has 0 spiro atoms. The predicted octanol–water partition coefficient (Wildman–Crippen LogP) is 3.56. The quantitative estimate of drug-likeness (QED) is 0.420. The molecule has 28 heavy (non-hydrogen) atoms. The van der Waals surface area contributed by atoms with Gasteiger partial charge in [-0.25, -0.2) is 0 Å². The third kappa shape index (κ3) is 3.51. The molecule has 1 aliphatic rings. The first kappa shape index (κ1) is 20.0. The molecule has 0 fully saturated rings. The Labute approximate surface area is 166 Å². The summed E-state index contributed by atoms with van der Waals surface area (Å²) in [4.78, 5) is 33.3. The Morgan fingerprint density at radius 1 is 1.11 bits per heavy atom. The summed E-state index contributed by atoms with van der Waals surface area (Å²) in [5.74, 6) is -0.588. The lowest BCUT2D eigenvalue weighted by atomic mass is 9.77. The molecule has 5 nitrogen and oxygen atoms in total. The number of hydrogen-bond acceptors (Lipinski definition) is 4. The molecule has 146 valence electrons. The molecule has 0 aliphatic carbocycles. The van der Waals surface area contributed by atoms with Crippen molar-refractivity contribution in [1.82, 2.24) is 9.96 Å². The maximum absolute atomic E-state index is 13.3. The van der Waals surface area contributed by atoms with Crippen LogP contribution in [-0.2, 0) is 21.5 Å². The van der Waals surface area contributed by atoms with Crippen LogP contribution in [0.15, 0.2) is 67.3 Å². The van der Waals surface area contributed by atoms with Crippen LogP contribution in [0, 0.1) is 0 Å². The summed E-state index contributed by atoms with van der Waals surface area (Å²) in [6.07, 6.45) is 1.60. The SMILES string of the molecule is C=CC(N(CCc1ccccc1)OC)N1C(=O)c2ccccc2C(C)(C)C1=O. The second-order valence-electron chi connectivity index (χ2n) is 7.36. The highest BCUT2D eigenvalue weighted by Crippen LogP contribution is 2.35. The van der Waals surface area contributed by atoms with Crippen LogP contribution in [0.5, 0.6) is 0 Å². The van der Waals surface area contributed by atoms with Gasteiger partial charge >= 0.3 is 0 Å². The molecular weight excluding hydrogens is 352 g/mol. The highest BCUT2D eigenvalue weighted by molar-refractivity contribution is 6.13. The van der Waals surface area contributed by atoms with Crippen LogP contribution < -0.4 is 0 Å². The smallest absolute Gasteiger partial charge is 0.262 e. The molecule has 2 amide bonds. The Kier molecular flexibility index (Phi) is 5.77. The van der Waals surface area contributed by atoms with Gasteiger partial charge in [-0.15, -0.1) is 0 Å². The number of rotatable bonds is 7. The number of carbonyl (C=O) groups is 2. The molecule has 1 atom stereocenters. The van der Waals surface area contributed by atoms with Gasteiger partial charge in [0.1, 0.15) is 6.17 Å². The Hall–Kier alpha value is -2.76. The molecular formula is C23H26N2O3. The van der Waals surface area contributed by atoms with Crippen molar-refractivity contribution in [1.29, 1.82) is 0 Å². The van der Waals surface area contributed by atoms with Crippen molar-refractivity contribution in [3.8, 4) is 0 Å². The fourth-order valence-corrected chi connectivity index (χ4v) is 3.66. The molecule has 0 saturated carbocycles. The van der Waals surface area contributed by atoms with E-state index >= 15 is 0 Å². The van der Waals surface area contributed by atoms with Gasteiger partial charge < -0.3 is 0 Å². The van der Waals surface area contributed by atoms with Gasteiger partial charge in [-0.3, -0.25) is 19.3 Å². The summed E-state index contributed by atoms with van der Waals surface area (Å²) < 4.78 is 0. The third-order valence-electron chi connectivity index (χ3n) is 5.27. The zero-order chi connectivity index (χ0) is 20.3. The topological polar surface area (TPSA) is 49.9 Å². The van der Waals surface area contributed by atoms with E-state index in [1.807, 2.05) is 62.4 Å². The normalized spacial score (nSPS) is 16.8. The van der Waals surface area contributed by atoms with E-state index in [1.165, 1.54) is 4.90 Å². The van der Waals surface area contributed by atoms with Crippen molar-refractivity contribution >= 4 is 11.8 Å². The van der Waals surface area contributed by atoms with Gasteiger partial charge in [0.15, 0.2) is 0 Å². The maximum Gasteiger partial charge on any atom is 0.262 e. The van der Waals surface area contributed by atoms with Crippen LogP contribution >= 0.6 is 0 Å². The van der Waals surface area contributed by atoms with Crippen molar-refractivity contribution in [3.63, 3.8) is 0 Å². The van der Waals surface area contributed by atoms with Crippen molar-refractivity contribution in [3.05, 3.63) is 83.9 Å². The van der Waals surface area contributed by atoms with Gasteiger partial charge in [-0.2, -0.15) is 5.06 Å². The second kappa shape index (κ2) is 8.09. The summed E-state index contributed by atoms with van der Waals surface area (Å²) in [7, 11) is 1.54. The molecule has 1 aliphatic heterocycles. The Balaban J connectivity index is 1.91. The van der Waals surface area contributed by atoms with E-state index in [0.717, 1.165) is 17.5 Å². The number of hydroxylamine groups is 2. The van der Waals surface area contributed by atoms with Gasteiger partial charge in [-0.05, 0) is 37.5 Å². The number of fused-ring (bicyclic) bond motifs is 1. The molecule has 2 aromatic rings. The molecule has 1 unspecified atom stereocenters. The summed E-state index contributed by atoms with van der Waals surface area (Å²) in [5.41, 5.74) is 1.62. The first-order valence-electron chi connectivity index (χ1n) is 9.36. The van der Waals surface area contributed by atoms with E-state index in [1.54, 1.807) is 24.3 Å². The number of carbonyl (C=O) groups excluding carboxylic acids is 2. The van der Waals surface area contributed by atoms with E-state index in [9.17, 15) is 9.59 Å². The summed E-state index contributed by atoms with van der Waals surface area (Å²) >= 11 is 0. The van der Waals surface area contributed by atoms with E-state index < -0.39 is 11.6 Å². The minimum Gasteiger partial charge on any atom is -0.300 e.